The van der Waals surface area contributed by atoms with Crippen molar-refractivity contribution in [3.63, 3.8) is 0 Å². The van der Waals surface area contributed by atoms with E-state index >= 15 is 0 Å². The van der Waals surface area contributed by atoms with E-state index in [1.54, 1.807) is 65.1 Å². The number of aromatic nitrogens is 3. The van der Waals surface area contributed by atoms with Crippen molar-refractivity contribution >= 4 is 17.5 Å². The van der Waals surface area contributed by atoms with E-state index < -0.39 is 0 Å². The number of amides is 1. The number of hydrogen-bond acceptors (Lipinski definition) is 4. The van der Waals surface area contributed by atoms with Crippen LogP contribution in [0.15, 0.2) is 53.3 Å². The van der Waals surface area contributed by atoms with Crippen LogP contribution < -0.4 is 10.4 Å². The molecule has 0 atom stereocenters. The molecule has 138 valence electrons. The maximum atomic E-state index is 12.8. The molecular formula is C19H17ClN4O3. The average Bonchev–Trinajstić information content (AvgIpc) is 3.04. The smallest absolute Gasteiger partial charge is 0.350 e. The Kier molecular flexibility index (Phi) is 4.45. The van der Waals surface area contributed by atoms with Gasteiger partial charge >= 0.3 is 5.69 Å². The van der Waals surface area contributed by atoms with Gasteiger partial charge < -0.3 is 9.64 Å². The van der Waals surface area contributed by atoms with Gasteiger partial charge in [-0.1, -0.05) is 11.6 Å². The summed E-state index contributed by atoms with van der Waals surface area (Å²) >= 11 is 5.91. The number of halogens is 1. The number of ether oxygens (including phenoxy) is 1. The number of benzene rings is 2. The first-order valence-corrected chi connectivity index (χ1v) is 8.82. The second kappa shape index (κ2) is 6.92. The molecule has 0 aliphatic carbocycles. The van der Waals surface area contributed by atoms with Crippen LogP contribution in [-0.4, -0.2) is 38.8 Å². The summed E-state index contributed by atoms with van der Waals surface area (Å²) in [7, 11) is 1.58. The van der Waals surface area contributed by atoms with E-state index in [4.69, 9.17) is 16.3 Å². The summed E-state index contributed by atoms with van der Waals surface area (Å²) < 4.78 is 8.07. The third kappa shape index (κ3) is 3.21. The molecular weight excluding hydrogens is 368 g/mol. The Morgan fingerprint density at radius 2 is 1.78 bits per heavy atom. The lowest BCUT2D eigenvalue weighted by molar-refractivity contribution is 0.0706. The predicted molar refractivity (Wildman–Crippen MR) is 101 cm³/mol. The SMILES string of the molecule is COc1ccc(C(=O)N2CCn3c(nn(-c4ccc(Cl)cc4)c3=O)C2)cc1. The topological polar surface area (TPSA) is 69.4 Å². The fraction of sp³-hybridized carbons (Fsp3) is 0.211. The van der Waals surface area contributed by atoms with Crippen molar-refractivity contribution in [1.29, 1.82) is 0 Å². The molecule has 1 aromatic heterocycles. The first-order valence-electron chi connectivity index (χ1n) is 8.45. The third-order valence-corrected chi connectivity index (χ3v) is 4.81. The highest BCUT2D eigenvalue weighted by atomic mass is 35.5. The normalized spacial score (nSPS) is 13.3. The predicted octanol–water partition coefficient (Wildman–Crippen LogP) is 2.35. The molecule has 4 rings (SSSR count). The van der Waals surface area contributed by atoms with Gasteiger partial charge in [-0.25, -0.2) is 4.79 Å². The maximum absolute atomic E-state index is 12.8. The van der Waals surface area contributed by atoms with Crippen LogP contribution in [0.1, 0.15) is 16.2 Å². The number of hydrogen-bond donors (Lipinski definition) is 0. The zero-order valence-corrected chi connectivity index (χ0v) is 15.4. The summed E-state index contributed by atoms with van der Waals surface area (Å²) in [4.78, 5) is 27.1. The van der Waals surface area contributed by atoms with Crippen LogP contribution in [-0.2, 0) is 13.1 Å². The Morgan fingerprint density at radius 1 is 1.07 bits per heavy atom. The third-order valence-electron chi connectivity index (χ3n) is 4.56. The van der Waals surface area contributed by atoms with E-state index in [1.165, 1.54) is 4.68 Å². The average molecular weight is 385 g/mol. The summed E-state index contributed by atoms with van der Waals surface area (Å²) in [6.07, 6.45) is 0. The minimum Gasteiger partial charge on any atom is -0.497 e. The van der Waals surface area contributed by atoms with Crippen LogP contribution in [0.5, 0.6) is 5.75 Å². The Morgan fingerprint density at radius 3 is 2.44 bits per heavy atom. The molecule has 0 unspecified atom stereocenters. The van der Waals surface area contributed by atoms with Crippen molar-refractivity contribution in [2.24, 2.45) is 0 Å². The summed E-state index contributed by atoms with van der Waals surface area (Å²) in [5.74, 6) is 1.15. The standard InChI is InChI=1S/C19H17ClN4O3/c1-27-16-8-2-13(3-9-16)18(25)22-10-11-23-17(12-22)21-24(19(23)26)15-6-4-14(20)5-7-15/h2-9H,10-12H2,1H3. The summed E-state index contributed by atoms with van der Waals surface area (Å²) in [6.45, 7) is 1.13. The van der Waals surface area contributed by atoms with Gasteiger partial charge in [-0.2, -0.15) is 4.68 Å². The zero-order valence-electron chi connectivity index (χ0n) is 14.6. The quantitative estimate of drug-likeness (QED) is 0.695. The molecule has 1 aliphatic rings. The lowest BCUT2D eigenvalue weighted by atomic mass is 10.2. The van der Waals surface area contributed by atoms with Crippen LogP contribution in [0.25, 0.3) is 5.69 Å². The van der Waals surface area contributed by atoms with Crippen LogP contribution in [0.4, 0.5) is 0 Å². The maximum Gasteiger partial charge on any atom is 0.350 e. The van der Waals surface area contributed by atoms with Crippen molar-refractivity contribution in [3.8, 4) is 11.4 Å². The van der Waals surface area contributed by atoms with E-state index in [0.29, 0.717) is 40.9 Å². The molecule has 1 aliphatic heterocycles. The molecule has 0 N–H and O–H groups in total. The van der Waals surface area contributed by atoms with Gasteiger partial charge in [0.1, 0.15) is 5.75 Å². The monoisotopic (exact) mass is 384 g/mol. The summed E-state index contributed by atoms with van der Waals surface area (Å²) in [5.41, 5.74) is 0.993. The molecule has 0 saturated heterocycles. The fourth-order valence-corrected chi connectivity index (χ4v) is 3.22. The number of methoxy groups -OCH3 is 1. The molecule has 1 amide bonds. The van der Waals surface area contributed by atoms with Crippen molar-refractivity contribution in [2.75, 3.05) is 13.7 Å². The summed E-state index contributed by atoms with van der Waals surface area (Å²) in [5, 5.41) is 5.00. The number of rotatable bonds is 3. The molecule has 2 heterocycles. The zero-order chi connectivity index (χ0) is 19.0. The minimum atomic E-state index is -0.219. The van der Waals surface area contributed by atoms with E-state index in [2.05, 4.69) is 5.10 Å². The first-order chi connectivity index (χ1) is 13.1. The molecule has 0 radical (unpaired) electrons. The van der Waals surface area contributed by atoms with E-state index in [0.717, 1.165) is 0 Å². The number of nitrogens with zero attached hydrogens (tertiary/aromatic N) is 4. The second-order valence-corrected chi connectivity index (χ2v) is 6.63. The Balaban J connectivity index is 1.59. The highest BCUT2D eigenvalue weighted by Gasteiger charge is 2.26. The van der Waals surface area contributed by atoms with E-state index in [9.17, 15) is 9.59 Å². The van der Waals surface area contributed by atoms with Gasteiger partial charge in [0.2, 0.25) is 0 Å². The van der Waals surface area contributed by atoms with Crippen molar-refractivity contribution in [1.82, 2.24) is 19.2 Å². The Bertz CT molecular complexity index is 1040. The van der Waals surface area contributed by atoms with E-state index in [1.807, 2.05) is 0 Å². The molecule has 7 nitrogen and oxygen atoms in total. The fourth-order valence-electron chi connectivity index (χ4n) is 3.09. The van der Waals surface area contributed by atoms with Gasteiger partial charge in [-0.05, 0) is 48.5 Å². The van der Waals surface area contributed by atoms with Crippen LogP contribution in [0.2, 0.25) is 5.02 Å². The molecule has 2 aromatic carbocycles. The van der Waals surface area contributed by atoms with Gasteiger partial charge in [0.05, 0.1) is 19.3 Å². The van der Waals surface area contributed by atoms with Crippen LogP contribution in [0.3, 0.4) is 0 Å². The van der Waals surface area contributed by atoms with Crippen LogP contribution >= 0.6 is 11.6 Å². The lowest BCUT2D eigenvalue weighted by Crippen LogP contribution is -2.40. The van der Waals surface area contributed by atoms with Gasteiger partial charge in [0.15, 0.2) is 5.82 Å². The first kappa shape index (κ1) is 17.4. The van der Waals surface area contributed by atoms with Crippen molar-refractivity contribution < 1.29 is 9.53 Å². The largest absolute Gasteiger partial charge is 0.497 e. The minimum absolute atomic E-state index is 0.0996. The molecule has 3 aromatic rings. The van der Waals surface area contributed by atoms with Crippen molar-refractivity contribution in [3.05, 3.63) is 75.4 Å². The molecule has 0 spiro atoms. The Labute approximate surface area is 160 Å². The lowest BCUT2D eigenvalue weighted by Gasteiger charge is -2.26. The molecule has 0 bridgehead atoms. The van der Waals surface area contributed by atoms with Crippen molar-refractivity contribution in [2.45, 2.75) is 13.1 Å². The van der Waals surface area contributed by atoms with E-state index in [-0.39, 0.29) is 18.1 Å². The number of carbonyl (C=O) groups excluding carboxylic acids is 1. The van der Waals surface area contributed by atoms with Gasteiger partial charge in [-0.3, -0.25) is 9.36 Å². The highest BCUT2D eigenvalue weighted by molar-refractivity contribution is 6.30. The van der Waals surface area contributed by atoms with Crippen LogP contribution in [0, 0.1) is 0 Å². The number of carbonyl (C=O) groups is 1. The number of fused-ring (bicyclic) bond motifs is 1. The van der Waals surface area contributed by atoms with Gasteiger partial charge in [0, 0.05) is 23.7 Å². The molecule has 0 fully saturated rings. The molecule has 27 heavy (non-hydrogen) atoms. The molecule has 0 saturated carbocycles. The Hall–Kier alpha value is -3.06. The second-order valence-electron chi connectivity index (χ2n) is 6.19. The molecule has 8 heteroatoms. The summed E-state index contributed by atoms with van der Waals surface area (Å²) in [6, 6.07) is 13.9. The highest BCUT2D eigenvalue weighted by Crippen LogP contribution is 2.17. The van der Waals surface area contributed by atoms with Gasteiger partial charge in [-0.15, -0.1) is 5.10 Å². The van der Waals surface area contributed by atoms with Gasteiger partial charge in [0.25, 0.3) is 5.91 Å².